The smallest absolute Gasteiger partial charge is 0.256 e. The molecule has 2 aromatic carbocycles. The second kappa shape index (κ2) is 5.83. The van der Waals surface area contributed by atoms with Crippen LogP contribution in [-0.4, -0.2) is 36.2 Å². The summed E-state index contributed by atoms with van der Waals surface area (Å²) in [7, 11) is 0. The Kier molecular flexibility index (Phi) is 3.47. The van der Waals surface area contributed by atoms with Crippen LogP contribution in [0.5, 0.6) is 0 Å². The second-order valence-electron chi connectivity index (χ2n) is 6.86. The van der Waals surface area contributed by atoms with Gasteiger partial charge < -0.3 is 9.72 Å². The van der Waals surface area contributed by atoms with Crippen molar-refractivity contribution in [3.63, 3.8) is 0 Å². The molecular formula is C21H20N2O2. The summed E-state index contributed by atoms with van der Waals surface area (Å²) in [6.45, 7) is 4.54. The Bertz CT molecular complexity index is 1020. The number of hydrogen-bond acceptors (Lipinski definition) is 3. The van der Waals surface area contributed by atoms with Crippen molar-refractivity contribution < 1.29 is 4.74 Å². The summed E-state index contributed by atoms with van der Waals surface area (Å²) in [5.41, 5.74) is 6.16. The molecule has 0 radical (unpaired) electrons. The number of benzene rings is 2. The number of nitrogens with one attached hydrogen (secondary N) is 1. The Hall–Kier alpha value is -2.43. The van der Waals surface area contributed by atoms with Crippen LogP contribution in [0.25, 0.3) is 22.0 Å². The fraction of sp³-hybridized carbons (Fsp3) is 0.286. The third kappa shape index (κ3) is 2.41. The molecule has 0 bridgehead atoms. The van der Waals surface area contributed by atoms with Gasteiger partial charge in [0.2, 0.25) is 0 Å². The Labute approximate surface area is 146 Å². The van der Waals surface area contributed by atoms with E-state index in [9.17, 15) is 4.79 Å². The molecule has 1 aliphatic carbocycles. The molecule has 126 valence electrons. The topological polar surface area (TPSA) is 45.3 Å². The van der Waals surface area contributed by atoms with Crippen molar-refractivity contribution in [1.82, 2.24) is 9.88 Å². The zero-order valence-electron chi connectivity index (χ0n) is 14.0. The number of pyridine rings is 1. The van der Waals surface area contributed by atoms with Crippen molar-refractivity contribution in [2.75, 3.05) is 26.3 Å². The number of ether oxygens (including phenoxy) is 1. The molecule has 2 heterocycles. The van der Waals surface area contributed by atoms with E-state index >= 15 is 0 Å². The van der Waals surface area contributed by atoms with Crippen molar-refractivity contribution in [1.29, 1.82) is 0 Å². The fourth-order valence-electron chi connectivity index (χ4n) is 4.15. The number of hydrogen-bond donors (Lipinski definition) is 1. The lowest BCUT2D eigenvalue weighted by Crippen LogP contribution is -2.35. The van der Waals surface area contributed by atoms with Crippen LogP contribution in [-0.2, 0) is 17.7 Å². The molecule has 1 saturated heterocycles. The molecule has 1 fully saturated rings. The van der Waals surface area contributed by atoms with Crippen LogP contribution in [0.1, 0.15) is 16.7 Å². The van der Waals surface area contributed by atoms with Gasteiger partial charge in [-0.2, -0.15) is 0 Å². The highest BCUT2D eigenvalue weighted by Crippen LogP contribution is 2.39. The molecule has 0 saturated carbocycles. The first-order valence-corrected chi connectivity index (χ1v) is 8.86. The molecule has 0 atom stereocenters. The predicted octanol–water partition coefficient (Wildman–Crippen LogP) is 2.93. The Balaban J connectivity index is 1.61. The van der Waals surface area contributed by atoms with Gasteiger partial charge in [0.1, 0.15) is 0 Å². The zero-order chi connectivity index (χ0) is 16.8. The predicted molar refractivity (Wildman–Crippen MR) is 98.9 cm³/mol. The van der Waals surface area contributed by atoms with E-state index in [1.807, 2.05) is 18.2 Å². The van der Waals surface area contributed by atoms with Crippen LogP contribution in [0.3, 0.4) is 0 Å². The monoisotopic (exact) mass is 332 g/mol. The first-order chi connectivity index (χ1) is 12.3. The summed E-state index contributed by atoms with van der Waals surface area (Å²) in [5.74, 6) is 0. The molecular weight excluding hydrogens is 312 g/mol. The average molecular weight is 332 g/mol. The lowest BCUT2D eigenvalue weighted by molar-refractivity contribution is 0.0341. The fourth-order valence-corrected chi connectivity index (χ4v) is 4.15. The normalized spacial score (nSPS) is 16.8. The van der Waals surface area contributed by atoms with Crippen molar-refractivity contribution in [2.24, 2.45) is 0 Å². The molecule has 4 heteroatoms. The summed E-state index contributed by atoms with van der Waals surface area (Å²) < 4.78 is 5.46. The van der Waals surface area contributed by atoms with Crippen molar-refractivity contribution in [2.45, 2.75) is 13.0 Å². The Morgan fingerprint density at radius 2 is 1.76 bits per heavy atom. The van der Waals surface area contributed by atoms with Gasteiger partial charge in [0.25, 0.3) is 5.56 Å². The van der Waals surface area contributed by atoms with Crippen LogP contribution in [0.2, 0.25) is 0 Å². The molecule has 0 unspecified atom stereocenters. The lowest BCUT2D eigenvalue weighted by Gasteiger charge is -2.27. The van der Waals surface area contributed by atoms with Gasteiger partial charge in [-0.25, -0.2) is 0 Å². The van der Waals surface area contributed by atoms with Crippen LogP contribution >= 0.6 is 0 Å². The molecule has 1 N–H and O–H groups in total. The molecule has 1 aromatic heterocycles. The van der Waals surface area contributed by atoms with Gasteiger partial charge >= 0.3 is 0 Å². The average Bonchev–Trinajstić information content (AvgIpc) is 3.03. The van der Waals surface area contributed by atoms with Gasteiger partial charge in [-0.15, -0.1) is 0 Å². The number of aromatic nitrogens is 1. The van der Waals surface area contributed by atoms with Crippen molar-refractivity contribution >= 4 is 10.8 Å². The largest absolute Gasteiger partial charge is 0.379 e. The number of rotatable bonds is 2. The number of aromatic amines is 1. The van der Waals surface area contributed by atoms with Crippen LogP contribution in [0.4, 0.5) is 0 Å². The van der Waals surface area contributed by atoms with E-state index in [-0.39, 0.29) is 5.56 Å². The SMILES string of the molecule is O=c1[nH]c2c(c3ccccc13)Cc1c(CN3CCOCC3)cccc1-2. The number of fused-ring (bicyclic) bond motifs is 5. The second-order valence-corrected chi connectivity index (χ2v) is 6.86. The molecule has 2 aliphatic rings. The number of morpholine rings is 1. The molecule has 4 nitrogen and oxygen atoms in total. The molecule has 1 aliphatic heterocycles. The summed E-state index contributed by atoms with van der Waals surface area (Å²) >= 11 is 0. The summed E-state index contributed by atoms with van der Waals surface area (Å²) in [6.07, 6.45) is 0.891. The highest BCUT2D eigenvalue weighted by atomic mass is 16.5. The minimum atomic E-state index is 0.000724. The van der Waals surface area contributed by atoms with Crippen molar-refractivity contribution in [3.05, 3.63) is 69.5 Å². The van der Waals surface area contributed by atoms with Gasteiger partial charge in [0, 0.05) is 37.0 Å². The minimum Gasteiger partial charge on any atom is -0.379 e. The first kappa shape index (κ1) is 14.9. The molecule has 3 aromatic rings. The first-order valence-electron chi connectivity index (χ1n) is 8.86. The van der Waals surface area contributed by atoms with Gasteiger partial charge in [0.05, 0.1) is 18.9 Å². The number of H-pyrrole nitrogens is 1. The zero-order valence-corrected chi connectivity index (χ0v) is 14.0. The third-order valence-electron chi connectivity index (χ3n) is 5.43. The standard InChI is InChI=1S/C21H20N2O2/c24-21-17-6-2-1-5-15(17)19-12-18-14(13-23-8-10-25-11-9-23)4-3-7-16(18)20(19)22-21/h1-7H,8-13H2,(H,22,24). The molecule has 25 heavy (non-hydrogen) atoms. The van der Waals surface area contributed by atoms with Crippen molar-refractivity contribution in [3.8, 4) is 11.3 Å². The van der Waals surface area contributed by atoms with Crippen LogP contribution in [0.15, 0.2) is 47.3 Å². The maximum atomic E-state index is 12.5. The van der Waals surface area contributed by atoms with Gasteiger partial charge in [-0.05, 0) is 28.1 Å². The summed E-state index contributed by atoms with van der Waals surface area (Å²) in [4.78, 5) is 18.0. The highest BCUT2D eigenvalue weighted by Gasteiger charge is 2.25. The van der Waals surface area contributed by atoms with E-state index in [1.54, 1.807) is 0 Å². The Morgan fingerprint density at radius 3 is 2.60 bits per heavy atom. The van der Waals surface area contributed by atoms with Gasteiger partial charge in [-0.3, -0.25) is 9.69 Å². The Morgan fingerprint density at radius 1 is 0.960 bits per heavy atom. The maximum absolute atomic E-state index is 12.5. The molecule has 0 spiro atoms. The van der Waals surface area contributed by atoms with E-state index in [1.165, 1.54) is 22.3 Å². The lowest BCUT2D eigenvalue weighted by atomic mass is 10.0. The summed E-state index contributed by atoms with van der Waals surface area (Å²) in [5, 5.41) is 1.86. The quantitative estimate of drug-likeness (QED) is 0.614. The third-order valence-corrected chi connectivity index (χ3v) is 5.43. The van der Waals surface area contributed by atoms with E-state index < -0.39 is 0 Å². The van der Waals surface area contributed by atoms with E-state index in [2.05, 4.69) is 34.1 Å². The van der Waals surface area contributed by atoms with E-state index in [0.29, 0.717) is 0 Å². The molecule has 0 amide bonds. The number of nitrogens with zero attached hydrogens (tertiary/aromatic N) is 1. The van der Waals surface area contributed by atoms with Gasteiger partial charge in [0.15, 0.2) is 0 Å². The highest BCUT2D eigenvalue weighted by molar-refractivity contribution is 5.93. The van der Waals surface area contributed by atoms with Crippen LogP contribution in [0, 0.1) is 0 Å². The minimum absolute atomic E-state index is 0.000724. The van der Waals surface area contributed by atoms with E-state index in [4.69, 9.17) is 4.74 Å². The summed E-state index contributed by atoms with van der Waals surface area (Å²) in [6, 6.07) is 14.4. The maximum Gasteiger partial charge on any atom is 0.256 e. The van der Waals surface area contributed by atoms with Crippen LogP contribution < -0.4 is 5.56 Å². The van der Waals surface area contributed by atoms with E-state index in [0.717, 1.165) is 55.7 Å². The molecule has 5 rings (SSSR count). The van der Waals surface area contributed by atoms with Gasteiger partial charge in [-0.1, -0.05) is 36.4 Å².